The van der Waals surface area contributed by atoms with Crippen LogP contribution >= 0.6 is 0 Å². The second-order valence-electron chi connectivity index (χ2n) is 6.50. The molecular weight excluding hydrogens is 404 g/mol. The summed E-state index contributed by atoms with van der Waals surface area (Å²) in [4.78, 5) is 31.3. The molecule has 2 heterocycles. The zero-order chi connectivity index (χ0) is 22.1. The molecule has 0 saturated heterocycles. The van der Waals surface area contributed by atoms with Crippen LogP contribution in [0.25, 0.3) is 21.9 Å². The van der Waals surface area contributed by atoms with Crippen molar-refractivity contribution < 1.29 is 18.9 Å². The van der Waals surface area contributed by atoms with Crippen molar-refractivity contribution >= 4 is 28.2 Å². The SMILES string of the molecule is COc1ccc2[nH]c3c(=O)n(/N=C\c4ccc(OC)c(OC)c4OC)c(=O)[nH]c3c2c1. The molecule has 160 valence electrons. The summed E-state index contributed by atoms with van der Waals surface area (Å²) in [6, 6.07) is 8.62. The average Bonchev–Trinajstić information content (AvgIpc) is 3.15. The molecule has 0 atom stereocenters. The van der Waals surface area contributed by atoms with Gasteiger partial charge in [-0.3, -0.25) is 4.79 Å². The molecule has 0 bridgehead atoms. The standard InChI is InChI=1S/C21H20N4O6/c1-28-12-6-7-14-13(9-12)16-17(23-14)20(26)25(21(27)24-16)22-10-11-5-8-15(29-2)19(31-4)18(11)30-3/h5-10,23H,1-4H3,(H,24,27)/b22-10-. The highest BCUT2D eigenvalue weighted by molar-refractivity contribution is 6.04. The Morgan fingerprint density at radius 2 is 1.65 bits per heavy atom. The van der Waals surface area contributed by atoms with E-state index >= 15 is 0 Å². The predicted molar refractivity (Wildman–Crippen MR) is 116 cm³/mol. The van der Waals surface area contributed by atoms with Crippen LogP contribution in [-0.4, -0.2) is 49.3 Å². The lowest BCUT2D eigenvalue weighted by Gasteiger charge is -2.13. The van der Waals surface area contributed by atoms with Crippen molar-refractivity contribution in [2.24, 2.45) is 5.10 Å². The topological polar surface area (TPSA) is 120 Å². The minimum Gasteiger partial charge on any atom is -0.497 e. The van der Waals surface area contributed by atoms with Crippen LogP contribution in [0.2, 0.25) is 0 Å². The summed E-state index contributed by atoms with van der Waals surface area (Å²) < 4.78 is 22.0. The van der Waals surface area contributed by atoms with Crippen molar-refractivity contribution in [3.05, 3.63) is 56.7 Å². The lowest BCUT2D eigenvalue weighted by Crippen LogP contribution is -2.32. The Balaban J connectivity index is 1.86. The van der Waals surface area contributed by atoms with Gasteiger partial charge < -0.3 is 28.9 Å². The van der Waals surface area contributed by atoms with Crippen molar-refractivity contribution in [2.75, 3.05) is 28.4 Å². The second-order valence-corrected chi connectivity index (χ2v) is 6.50. The van der Waals surface area contributed by atoms with E-state index in [1.165, 1.54) is 27.5 Å². The Labute approximate surface area is 175 Å². The van der Waals surface area contributed by atoms with Crippen molar-refractivity contribution in [3.63, 3.8) is 0 Å². The van der Waals surface area contributed by atoms with Crippen molar-refractivity contribution in [1.82, 2.24) is 14.6 Å². The zero-order valence-corrected chi connectivity index (χ0v) is 17.3. The van der Waals surface area contributed by atoms with Crippen LogP contribution in [0.15, 0.2) is 45.0 Å². The van der Waals surface area contributed by atoms with Crippen molar-refractivity contribution in [3.8, 4) is 23.0 Å². The number of nitrogens with one attached hydrogen (secondary N) is 2. The Morgan fingerprint density at radius 1 is 0.871 bits per heavy atom. The van der Waals surface area contributed by atoms with Gasteiger partial charge in [0.15, 0.2) is 11.5 Å². The van der Waals surface area contributed by atoms with Crippen LogP contribution in [0.4, 0.5) is 0 Å². The predicted octanol–water partition coefficient (Wildman–Crippen LogP) is 2.09. The molecule has 2 aromatic carbocycles. The summed E-state index contributed by atoms with van der Waals surface area (Å²) in [5.74, 6) is 1.81. The van der Waals surface area contributed by atoms with Crippen LogP contribution in [0.5, 0.6) is 23.0 Å². The molecule has 0 radical (unpaired) electrons. The van der Waals surface area contributed by atoms with Gasteiger partial charge in [-0.25, -0.2) is 4.79 Å². The first-order valence-electron chi connectivity index (χ1n) is 9.20. The molecule has 4 aromatic rings. The van der Waals surface area contributed by atoms with E-state index in [4.69, 9.17) is 18.9 Å². The minimum absolute atomic E-state index is 0.222. The number of benzene rings is 2. The van der Waals surface area contributed by atoms with Gasteiger partial charge in [0, 0.05) is 16.5 Å². The molecule has 10 heteroatoms. The zero-order valence-electron chi connectivity index (χ0n) is 17.3. The first-order chi connectivity index (χ1) is 15.0. The number of hydrogen-bond acceptors (Lipinski definition) is 7. The molecule has 0 aliphatic carbocycles. The molecule has 10 nitrogen and oxygen atoms in total. The summed E-state index contributed by atoms with van der Waals surface area (Å²) in [6.07, 6.45) is 1.34. The van der Waals surface area contributed by atoms with Crippen LogP contribution < -0.4 is 30.2 Å². The minimum atomic E-state index is -0.683. The molecule has 2 N–H and O–H groups in total. The van der Waals surface area contributed by atoms with Crippen molar-refractivity contribution in [1.29, 1.82) is 0 Å². The van der Waals surface area contributed by atoms with Gasteiger partial charge >= 0.3 is 11.2 Å². The second kappa shape index (κ2) is 7.90. The van der Waals surface area contributed by atoms with Gasteiger partial charge in [-0.1, -0.05) is 0 Å². The van der Waals surface area contributed by atoms with Gasteiger partial charge in [0.05, 0.1) is 40.2 Å². The first-order valence-corrected chi connectivity index (χ1v) is 9.20. The maximum Gasteiger partial charge on any atom is 0.350 e. The van der Waals surface area contributed by atoms with Gasteiger partial charge in [-0.05, 0) is 30.3 Å². The van der Waals surface area contributed by atoms with Crippen LogP contribution in [-0.2, 0) is 0 Å². The number of H-pyrrole nitrogens is 2. The largest absolute Gasteiger partial charge is 0.497 e. The summed E-state index contributed by atoms with van der Waals surface area (Å²) in [5.41, 5.74) is 0.514. The Bertz CT molecular complexity index is 1430. The lowest BCUT2D eigenvalue weighted by molar-refractivity contribution is 0.324. The molecule has 0 aliphatic heterocycles. The van der Waals surface area contributed by atoms with Crippen LogP contribution in [0.1, 0.15) is 5.56 Å². The number of aromatic nitrogens is 3. The molecule has 0 fully saturated rings. The summed E-state index contributed by atoms with van der Waals surface area (Å²) >= 11 is 0. The maximum atomic E-state index is 13.0. The molecule has 0 saturated carbocycles. The Morgan fingerprint density at radius 3 is 2.32 bits per heavy atom. The third-order valence-electron chi connectivity index (χ3n) is 4.88. The number of hydrogen-bond donors (Lipinski definition) is 2. The van der Waals surface area contributed by atoms with Crippen molar-refractivity contribution in [2.45, 2.75) is 0 Å². The highest BCUT2D eigenvalue weighted by Gasteiger charge is 2.16. The van der Waals surface area contributed by atoms with Gasteiger partial charge in [-0.2, -0.15) is 5.10 Å². The highest BCUT2D eigenvalue weighted by atomic mass is 16.5. The number of rotatable bonds is 6. The van der Waals surface area contributed by atoms with E-state index in [2.05, 4.69) is 15.1 Å². The fraction of sp³-hybridized carbons (Fsp3) is 0.190. The van der Waals surface area contributed by atoms with Crippen LogP contribution in [0, 0.1) is 0 Å². The number of ether oxygens (including phenoxy) is 4. The Kier molecular flexibility index (Phi) is 5.12. The maximum absolute atomic E-state index is 13.0. The molecule has 4 rings (SSSR count). The van der Waals surface area contributed by atoms with E-state index in [9.17, 15) is 9.59 Å². The fourth-order valence-corrected chi connectivity index (χ4v) is 3.40. The summed E-state index contributed by atoms with van der Waals surface area (Å²) in [7, 11) is 6.01. The quantitative estimate of drug-likeness (QED) is 0.458. The fourth-order valence-electron chi connectivity index (χ4n) is 3.40. The summed E-state index contributed by atoms with van der Waals surface area (Å²) in [5, 5.41) is 4.75. The van der Waals surface area contributed by atoms with E-state index in [0.29, 0.717) is 45.0 Å². The van der Waals surface area contributed by atoms with Crippen LogP contribution in [0.3, 0.4) is 0 Å². The third kappa shape index (κ3) is 3.27. The normalized spacial score (nSPS) is 11.4. The monoisotopic (exact) mass is 424 g/mol. The molecule has 0 aliphatic rings. The lowest BCUT2D eigenvalue weighted by atomic mass is 10.2. The van der Waals surface area contributed by atoms with Gasteiger partial charge in [0.25, 0.3) is 0 Å². The molecule has 0 spiro atoms. The van der Waals surface area contributed by atoms with E-state index in [-0.39, 0.29) is 5.52 Å². The van der Waals surface area contributed by atoms with E-state index in [1.54, 1.807) is 37.4 Å². The van der Waals surface area contributed by atoms with E-state index < -0.39 is 11.2 Å². The van der Waals surface area contributed by atoms with E-state index in [0.717, 1.165) is 4.68 Å². The number of aromatic amines is 2. The average molecular weight is 424 g/mol. The molecule has 31 heavy (non-hydrogen) atoms. The number of nitrogens with zero attached hydrogens (tertiary/aromatic N) is 2. The molecule has 2 aromatic heterocycles. The van der Waals surface area contributed by atoms with Gasteiger partial charge in [0.1, 0.15) is 11.3 Å². The molecule has 0 unspecified atom stereocenters. The Hall–Kier alpha value is -4.21. The highest BCUT2D eigenvalue weighted by Crippen LogP contribution is 2.39. The third-order valence-corrected chi connectivity index (χ3v) is 4.88. The van der Waals surface area contributed by atoms with E-state index in [1.807, 2.05) is 0 Å². The molecule has 0 amide bonds. The molecular formula is C21H20N4O6. The smallest absolute Gasteiger partial charge is 0.350 e. The van der Waals surface area contributed by atoms with Gasteiger partial charge in [0.2, 0.25) is 5.75 Å². The summed E-state index contributed by atoms with van der Waals surface area (Å²) in [6.45, 7) is 0. The number of methoxy groups -OCH3 is 4. The first kappa shape index (κ1) is 20.1. The number of fused-ring (bicyclic) bond motifs is 3. The van der Waals surface area contributed by atoms with Gasteiger partial charge in [-0.15, -0.1) is 4.68 Å².